The SMILES string of the molecule is CC(=O)[C@H]1CC[C@H]2[C@@H]3CC[C@H]4C[C@H](OC(=O)C(C)CCCO)CC[C@]4(C)[C@H]3CC[C@]12C. The van der Waals surface area contributed by atoms with Crippen LogP contribution < -0.4 is 0 Å². The summed E-state index contributed by atoms with van der Waals surface area (Å²) in [7, 11) is 0. The number of rotatable bonds is 6. The number of Topliss-reactive ketones (excluding diaryl/α,β-unsaturated/α-hetero) is 1. The zero-order valence-electron chi connectivity index (χ0n) is 20.2. The highest BCUT2D eigenvalue weighted by Gasteiger charge is 2.60. The number of aliphatic hydroxyl groups is 1. The first kappa shape index (κ1) is 23.3. The first-order valence-corrected chi connectivity index (χ1v) is 13.0. The molecule has 4 saturated carbocycles. The van der Waals surface area contributed by atoms with Crippen LogP contribution in [0.4, 0.5) is 0 Å². The van der Waals surface area contributed by atoms with E-state index in [1.165, 1.54) is 38.5 Å². The number of carbonyl (C=O) groups is 2. The quantitative estimate of drug-likeness (QED) is 0.559. The minimum Gasteiger partial charge on any atom is -0.462 e. The van der Waals surface area contributed by atoms with Crippen molar-refractivity contribution in [3.05, 3.63) is 0 Å². The van der Waals surface area contributed by atoms with Crippen molar-refractivity contribution >= 4 is 11.8 Å². The fourth-order valence-corrected chi connectivity index (χ4v) is 8.79. The third kappa shape index (κ3) is 4.00. The number of aliphatic hydroxyl groups excluding tert-OH is 1. The minimum atomic E-state index is -0.121. The molecule has 1 N–H and O–H groups in total. The number of ketones is 1. The van der Waals surface area contributed by atoms with Crippen LogP contribution in [0.25, 0.3) is 0 Å². The lowest BCUT2D eigenvalue weighted by atomic mass is 9.44. The van der Waals surface area contributed by atoms with Crippen molar-refractivity contribution < 1.29 is 19.4 Å². The number of fused-ring (bicyclic) bond motifs is 5. The van der Waals surface area contributed by atoms with Gasteiger partial charge in [0.25, 0.3) is 0 Å². The summed E-state index contributed by atoms with van der Waals surface area (Å²) in [6.07, 6.45) is 12.0. The van der Waals surface area contributed by atoms with Crippen LogP contribution in [0.1, 0.15) is 98.3 Å². The molecule has 4 rings (SSSR count). The van der Waals surface area contributed by atoms with Gasteiger partial charge in [0.05, 0.1) is 5.92 Å². The molecule has 1 unspecified atom stereocenters. The number of hydrogen-bond donors (Lipinski definition) is 1. The van der Waals surface area contributed by atoms with Crippen LogP contribution in [0.5, 0.6) is 0 Å². The van der Waals surface area contributed by atoms with Gasteiger partial charge in [-0.3, -0.25) is 9.59 Å². The van der Waals surface area contributed by atoms with Gasteiger partial charge < -0.3 is 9.84 Å². The number of ether oxygens (including phenoxy) is 1. The van der Waals surface area contributed by atoms with Gasteiger partial charge in [-0.2, -0.15) is 0 Å². The molecule has 0 aromatic heterocycles. The molecule has 0 aromatic rings. The van der Waals surface area contributed by atoms with Gasteiger partial charge in [-0.1, -0.05) is 20.8 Å². The Morgan fingerprint density at radius 2 is 1.71 bits per heavy atom. The molecule has 4 aliphatic rings. The van der Waals surface area contributed by atoms with Gasteiger partial charge >= 0.3 is 5.97 Å². The molecule has 0 aromatic carbocycles. The predicted molar refractivity (Wildman–Crippen MR) is 121 cm³/mol. The highest BCUT2D eigenvalue weighted by atomic mass is 16.5. The predicted octanol–water partition coefficient (Wildman–Crippen LogP) is 5.55. The summed E-state index contributed by atoms with van der Waals surface area (Å²) in [5.41, 5.74) is 0.595. The Bertz CT molecular complexity index is 689. The summed E-state index contributed by atoms with van der Waals surface area (Å²) in [6.45, 7) is 8.84. The molecule has 4 fully saturated rings. The minimum absolute atomic E-state index is 0.0705. The molecule has 0 saturated heterocycles. The summed E-state index contributed by atoms with van der Waals surface area (Å²) in [6, 6.07) is 0. The third-order valence-corrected chi connectivity index (χ3v) is 10.6. The molecule has 176 valence electrons. The van der Waals surface area contributed by atoms with E-state index in [4.69, 9.17) is 9.84 Å². The Kier molecular flexibility index (Phi) is 6.60. The Balaban J connectivity index is 1.41. The highest BCUT2D eigenvalue weighted by molar-refractivity contribution is 5.79. The average molecular weight is 433 g/mol. The maximum atomic E-state index is 12.5. The van der Waals surface area contributed by atoms with Crippen molar-refractivity contribution in [2.75, 3.05) is 6.61 Å². The van der Waals surface area contributed by atoms with Gasteiger partial charge in [0.2, 0.25) is 0 Å². The maximum Gasteiger partial charge on any atom is 0.308 e. The van der Waals surface area contributed by atoms with E-state index in [0.717, 1.165) is 37.0 Å². The Morgan fingerprint density at radius 1 is 1.00 bits per heavy atom. The van der Waals surface area contributed by atoms with Crippen LogP contribution in [0.15, 0.2) is 0 Å². The molecule has 4 nitrogen and oxygen atoms in total. The van der Waals surface area contributed by atoms with E-state index >= 15 is 0 Å². The van der Waals surface area contributed by atoms with E-state index in [0.29, 0.717) is 30.0 Å². The van der Waals surface area contributed by atoms with E-state index < -0.39 is 0 Å². The van der Waals surface area contributed by atoms with Crippen molar-refractivity contribution in [2.24, 2.45) is 46.3 Å². The number of hydrogen-bond acceptors (Lipinski definition) is 4. The molecule has 0 aliphatic heterocycles. The monoisotopic (exact) mass is 432 g/mol. The standard InChI is InChI=1S/C27H44O4/c1-17(6-5-15-28)25(30)31-20-11-13-26(3)19(16-20)7-8-21-23-10-9-22(18(2)29)27(23,4)14-12-24(21)26/h17,19-24,28H,5-16H2,1-4H3/t17?,19-,20+,21-,22+,23-,24-,26-,27+/m0/s1. The largest absolute Gasteiger partial charge is 0.462 e. The van der Waals surface area contributed by atoms with Crippen LogP contribution >= 0.6 is 0 Å². The summed E-state index contributed by atoms with van der Waals surface area (Å²) in [5.74, 6) is 3.43. The van der Waals surface area contributed by atoms with Gasteiger partial charge in [0, 0.05) is 12.5 Å². The molecule has 4 heteroatoms. The van der Waals surface area contributed by atoms with Crippen LogP contribution in [0.2, 0.25) is 0 Å². The van der Waals surface area contributed by atoms with E-state index in [1.807, 2.05) is 13.8 Å². The molecule has 0 spiro atoms. The summed E-state index contributed by atoms with van der Waals surface area (Å²) >= 11 is 0. The molecule has 4 aliphatic carbocycles. The van der Waals surface area contributed by atoms with Gasteiger partial charge in [-0.05, 0) is 112 Å². The Morgan fingerprint density at radius 3 is 2.42 bits per heavy atom. The number of esters is 1. The number of carbonyl (C=O) groups excluding carboxylic acids is 2. The van der Waals surface area contributed by atoms with Crippen molar-refractivity contribution in [2.45, 2.75) is 104 Å². The van der Waals surface area contributed by atoms with Crippen LogP contribution in [0, 0.1) is 46.3 Å². The van der Waals surface area contributed by atoms with Crippen molar-refractivity contribution in [3.63, 3.8) is 0 Å². The molecular weight excluding hydrogens is 388 g/mol. The molecule has 0 heterocycles. The summed E-state index contributed by atoms with van der Waals surface area (Å²) in [5, 5.41) is 9.02. The molecule has 31 heavy (non-hydrogen) atoms. The molecule has 0 amide bonds. The van der Waals surface area contributed by atoms with E-state index in [9.17, 15) is 9.59 Å². The van der Waals surface area contributed by atoms with Crippen molar-refractivity contribution in [3.8, 4) is 0 Å². The van der Waals surface area contributed by atoms with Crippen LogP contribution in [-0.2, 0) is 14.3 Å². The molecular formula is C27H44O4. The van der Waals surface area contributed by atoms with Gasteiger partial charge in [-0.25, -0.2) is 0 Å². The van der Waals surface area contributed by atoms with Crippen molar-refractivity contribution in [1.82, 2.24) is 0 Å². The second-order valence-corrected chi connectivity index (χ2v) is 12.0. The fraction of sp³-hybridized carbons (Fsp3) is 0.926. The normalized spacial score (nSPS) is 45.2. The molecule has 0 radical (unpaired) electrons. The lowest BCUT2D eigenvalue weighted by Crippen LogP contribution is -2.54. The zero-order chi connectivity index (χ0) is 22.4. The van der Waals surface area contributed by atoms with E-state index in [1.54, 1.807) is 0 Å². The van der Waals surface area contributed by atoms with Crippen molar-refractivity contribution in [1.29, 1.82) is 0 Å². The van der Waals surface area contributed by atoms with Gasteiger partial charge in [-0.15, -0.1) is 0 Å². The van der Waals surface area contributed by atoms with Crippen LogP contribution in [0.3, 0.4) is 0 Å². The first-order valence-electron chi connectivity index (χ1n) is 13.0. The average Bonchev–Trinajstić information content (AvgIpc) is 3.09. The maximum absolute atomic E-state index is 12.5. The molecule has 0 bridgehead atoms. The van der Waals surface area contributed by atoms with E-state index in [-0.39, 0.29) is 35.9 Å². The second kappa shape index (κ2) is 8.80. The smallest absolute Gasteiger partial charge is 0.308 e. The highest BCUT2D eigenvalue weighted by Crippen LogP contribution is 2.67. The summed E-state index contributed by atoms with van der Waals surface area (Å²) < 4.78 is 5.95. The van der Waals surface area contributed by atoms with Gasteiger partial charge in [0.1, 0.15) is 11.9 Å². The van der Waals surface area contributed by atoms with E-state index in [2.05, 4.69) is 13.8 Å². The Hall–Kier alpha value is -0.900. The first-order chi connectivity index (χ1) is 14.7. The second-order valence-electron chi connectivity index (χ2n) is 12.0. The zero-order valence-corrected chi connectivity index (χ0v) is 20.2. The lowest BCUT2D eigenvalue weighted by Gasteiger charge is -2.61. The lowest BCUT2D eigenvalue weighted by molar-refractivity contribution is -0.166. The topological polar surface area (TPSA) is 63.6 Å². The third-order valence-electron chi connectivity index (χ3n) is 10.6. The summed E-state index contributed by atoms with van der Waals surface area (Å²) in [4.78, 5) is 24.8. The van der Waals surface area contributed by atoms with Crippen LogP contribution in [-0.4, -0.2) is 29.6 Å². The Labute approximate surface area is 188 Å². The molecule has 9 atom stereocenters. The fourth-order valence-electron chi connectivity index (χ4n) is 8.79. The van der Waals surface area contributed by atoms with Gasteiger partial charge in [0.15, 0.2) is 0 Å².